The quantitative estimate of drug-likeness (QED) is 0.798. The van der Waals surface area contributed by atoms with E-state index < -0.39 is 0 Å². The first kappa shape index (κ1) is 13.4. The van der Waals surface area contributed by atoms with Gasteiger partial charge in [0.15, 0.2) is 0 Å². The fraction of sp³-hybridized carbons (Fsp3) is 1.00. The predicted octanol–water partition coefficient (Wildman–Crippen LogP) is 3.36. The Morgan fingerprint density at radius 2 is 1.65 bits per heavy atom. The van der Waals surface area contributed by atoms with Gasteiger partial charge in [0, 0.05) is 13.1 Å². The Morgan fingerprint density at radius 1 is 1.06 bits per heavy atom. The van der Waals surface area contributed by atoms with Gasteiger partial charge in [-0.3, -0.25) is 0 Å². The van der Waals surface area contributed by atoms with Crippen molar-refractivity contribution in [3.8, 4) is 0 Å². The second kappa shape index (κ2) is 4.89. The van der Waals surface area contributed by atoms with E-state index in [1.54, 1.807) is 0 Å². The lowest BCUT2D eigenvalue weighted by atomic mass is 9.72. The molecule has 1 aliphatic carbocycles. The standard InChI is InChI=1S/C15H29NO/c1-5-14(6-2)10-16-11-15(17-14)8-12(3)7-13(4)9-15/h12-13,16H,5-11H2,1-4H3. The number of morpholine rings is 1. The van der Waals surface area contributed by atoms with E-state index in [1.807, 2.05) is 0 Å². The Hall–Kier alpha value is -0.0800. The number of nitrogens with one attached hydrogen (secondary N) is 1. The molecule has 0 radical (unpaired) electrons. The third kappa shape index (κ3) is 2.68. The van der Waals surface area contributed by atoms with Crippen LogP contribution in [0.1, 0.15) is 59.8 Å². The van der Waals surface area contributed by atoms with Gasteiger partial charge in [-0.05, 0) is 43.9 Å². The molecule has 2 aliphatic rings. The molecule has 2 atom stereocenters. The first-order chi connectivity index (χ1) is 8.03. The van der Waals surface area contributed by atoms with Gasteiger partial charge >= 0.3 is 0 Å². The van der Waals surface area contributed by atoms with E-state index in [9.17, 15) is 0 Å². The number of hydrogen-bond donors (Lipinski definition) is 1. The largest absolute Gasteiger partial charge is 0.366 e. The van der Waals surface area contributed by atoms with Crippen molar-refractivity contribution in [3.63, 3.8) is 0 Å². The summed E-state index contributed by atoms with van der Waals surface area (Å²) in [6.07, 6.45) is 6.11. The van der Waals surface area contributed by atoms with E-state index in [1.165, 1.54) is 19.3 Å². The topological polar surface area (TPSA) is 21.3 Å². The molecule has 1 saturated carbocycles. The van der Waals surface area contributed by atoms with E-state index in [0.29, 0.717) is 0 Å². The van der Waals surface area contributed by atoms with Crippen LogP contribution < -0.4 is 5.32 Å². The molecule has 2 fully saturated rings. The van der Waals surface area contributed by atoms with Gasteiger partial charge in [-0.2, -0.15) is 0 Å². The average Bonchev–Trinajstić information content (AvgIpc) is 2.27. The summed E-state index contributed by atoms with van der Waals surface area (Å²) in [5, 5.41) is 3.65. The number of ether oxygens (including phenoxy) is 1. The minimum Gasteiger partial charge on any atom is -0.366 e. The summed E-state index contributed by atoms with van der Waals surface area (Å²) in [4.78, 5) is 0. The lowest BCUT2D eigenvalue weighted by molar-refractivity contribution is -0.204. The van der Waals surface area contributed by atoms with Crippen molar-refractivity contribution < 1.29 is 4.74 Å². The molecule has 0 aromatic carbocycles. The fourth-order valence-electron chi connectivity index (χ4n) is 4.13. The smallest absolute Gasteiger partial charge is 0.0819 e. The molecule has 1 aliphatic heterocycles. The molecular formula is C15H29NO. The maximum Gasteiger partial charge on any atom is 0.0819 e. The van der Waals surface area contributed by atoms with Crippen molar-refractivity contribution in [2.45, 2.75) is 71.0 Å². The molecule has 0 aromatic heterocycles. The zero-order valence-corrected chi connectivity index (χ0v) is 12.0. The summed E-state index contributed by atoms with van der Waals surface area (Å²) in [6.45, 7) is 11.4. The molecule has 1 spiro atoms. The van der Waals surface area contributed by atoms with Crippen molar-refractivity contribution in [1.29, 1.82) is 0 Å². The van der Waals surface area contributed by atoms with Gasteiger partial charge in [0.05, 0.1) is 11.2 Å². The molecule has 1 heterocycles. The van der Waals surface area contributed by atoms with Crippen LogP contribution >= 0.6 is 0 Å². The second-order valence-corrected chi connectivity index (χ2v) is 6.63. The molecular weight excluding hydrogens is 210 g/mol. The van der Waals surface area contributed by atoms with Crippen LogP contribution in [0.3, 0.4) is 0 Å². The monoisotopic (exact) mass is 239 g/mol. The molecule has 17 heavy (non-hydrogen) atoms. The third-order valence-electron chi connectivity index (χ3n) is 4.86. The number of rotatable bonds is 2. The van der Waals surface area contributed by atoms with Gasteiger partial charge in [0.2, 0.25) is 0 Å². The molecule has 0 aromatic rings. The van der Waals surface area contributed by atoms with Crippen LogP contribution in [0.15, 0.2) is 0 Å². The summed E-state index contributed by atoms with van der Waals surface area (Å²) in [5.74, 6) is 1.62. The van der Waals surface area contributed by atoms with Crippen LogP contribution in [0.25, 0.3) is 0 Å². The zero-order valence-electron chi connectivity index (χ0n) is 12.0. The third-order valence-corrected chi connectivity index (χ3v) is 4.86. The molecule has 100 valence electrons. The molecule has 2 heteroatoms. The van der Waals surface area contributed by atoms with E-state index >= 15 is 0 Å². The zero-order chi connectivity index (χ0) is 12.5. The van der Waals surface area contributed by atoms with Crippen LogP contribution in [-0.4, -0.2) is 24.3 Å². The fourth-order valence-corrected chi connectivity index (χ4v) is 4.13. The highest BCUT2D eigenvalue weighted by Gasteiger charge is 2.47. The normalized spacial score (nSPS) is 41.6. The lowest BCUT2D eigenvalue weighted by Crippen LogP contribution is -2.62. The van der Waals surface area contributed by atoms with E-state index in [0.717, 1.165) is 37.8 Å². The van der Waals surface area contributed by atoms with Crippen molar-refractivity contribution in [1.82, 2.24) is 5.32 Å². The van der Waals surface area contributed by atoms with Crippen LogP contribution in [0.2, 0.25) is 0 Å². The summed E-state index contributed by atoms with van der Waals surface area (Å²) >= 11 is 0. The van der Waals surface area contributed by atoms with Gasteiger partial charge in [0.25, 0.3) is 0 Å². The molecule has 2 rings (SSSR count). The van der Waals surface area contributed by atoms with Crippen LogP contribution in [0.5, 0.6) is 0 Å². The van der Waals surface area contributed by atoms with Crippen molar-refractivity contribution in [3.05, 3.63) is 0 Å². The maximum absolute atomic E-state index is 6.68. The highest BCUT2D eigenvalue weighted by atomic mass is 16.5. The Labute approximate surface area is 107 Å². The average molecular weight is 239 g/mol. The molecule has 0 bridgehead atoms. The van der Waals surface area contributed by atoms with Crippen molar-refractivity contribution in [2.75, 3.05) is 13.1 Å². The predicted molar refractivity (Wildman–Crippen MR) is 72.2 cm³/mol. The summed E-state index contributed by atoms with van der Waals surface area (Å²) < 4.78 is 6.68. The van der Waals surface area contributed by atoms with E-state index in [-0.39, 0.29) is 11.2 Å². The SMILES string of the molecule is CCC1(CC)CNCC2(CC(C)CC(C)C2)O1. The first-order valence-corrected chi connectivity index (χ1v) is 7.44. The Kier molecular flexibility index (Phi) is 3.84. The highest BCUT2D eigenvalue weighted by Crippen LogP contribution is 2.43. The minimum absolute atomic E-state index is 0.0923. The lowest BCUT2D eigenvalue weighted by Gasteiger charge is -2.52. The second-order valence-electron chi connectivity index (χ2n) is 6.63. The van der Waals surface area contributed by atoms with E-state index in [2.05, 4.69) is 33.0 Å². The van der Waals surface area contributed by atoms with Crippen LogP contribution in [0, 0.1) is 11.8 Å². The van der Waals surface area contributed by atoms with E-state index in [4.69, 9.17) is 4.74 Å². The summed E-state index contributed by atoms with van der Waals surface area (Å²) in [6, 6.07) is 0. The minimum atomic E-state index is 0.0923. The molecule has 2 nitrogen and oxygen atoms in total. The number of hydrogen-bond acceptors (Lipinski definition) is 2. The van der Waals surface area contributed by atoms with Gasteiger partial charge in [-0.1, -0.05) is 27.7 Å². The molecule has 0 amide bonds. The van der Waals surface area contributed by atoms with Gasteiger partial charge in [-0.15, -0.1) is 0 Å². The van der Waals surface area contributed by atoms with Gasteiger partial charge in [-0.25, -0.2) is 0 Å². The Balaban J connectivity index is 2.14. The maximum atomic E-state index is 6.68. The van der Waals surface area contributed by atoms with Crippen molar-refractivity contribution in [2.24, 2.45) is 11.8 Å². The molecule has 2 unspecified atom stereocenters. The van der Waals surface area contributed by atoms with Gasteiger partial charge in [0.1, 0.15) is 0 Å². The van der Waals surface area contributed by atoms with Gasteiger partial charge < -0.3 is 10.1 Å². The first-order valence-electron chi connectivity index (χ1n) is 7.44. The van der Waals surface area contributed by atoms with Crippen LogP contribution in [-0.2, 0) is 4.74 Å². The van der Waals surface area contributed by atoms with Crippen LogP contribution in [0.4, 0.5) is 0 Å². The Morgan fingerprint density at radius 3 is 2.18 bits per heavy atom. The summed E-state index contributed by atoms with van der Waals surface area (Å²) in [5.41, 5.74) is 0.219. The molecule has 1 saturated heterocycles. The highest BCUT2D eigenvalue weighted by molar-refractivity contribution is 4.99. The van der Waals surface area contributed by atoms with Crippen molar-refractivity contribution >= 4 is 0 Å². The molecule has 1 N–H and O–H groups in total. The Bertz CT molecular complexity index is 250. The summed E-state index contributed by atoms with van der Waals surface area (Å²) in [7, 11) is 0.